The summed E-state index contributed by atoms with van der Waals surface area (Å²) in [4.78, 5) is 21.6. The molecular weight excluding hydrogens is 302 g/mol. The minimum atomic E-state index is -0.306. The molecule has 24 heavy (non-hydrogen) atoms. The summed E-state index contributed by atoms with van der Waals surface area (Å²) in [6.45, 7) is 3.41. The Kier molecular flexibility index (Phi) is 5.42. The monoisotopic (exact) mass is 319 g/mol. The fourth-order valence-corrected chi connectivity index (χ4v) is 1.95. The third kappa shape index (κ3) is 4.27. The molecule has 6 heteroatoms. The molecule has 0 aliphatic carbocycles. The third-order valence-electron chi connectivity index (χ3n) is 3.07. The Morgan fingerprint density at radius 3 is 2.79 bits per heavy atom. The minimum absolute atomic E-state index is 0.306. The van der Waals surface area contributed by atoms with E-state index in [4.69, 9.17) is 0 Å². The largest absolute Gasteiger partial charge is 0.369 e. The molecule has 6 nitrogen and oxygen atoms in total. The minimum Gasteiger partial charge on any atom is -0.369 e. The van der Waals surface area contributed by atoms with Gasteiger partial charge in [0, 0.05) is 25.9 Å². The lowest BCUT2D eigenvalue weighted by Gasteiger charge is -2.08. The summed E-state index contributed by atoms with van der Waals surface area (Å²) in [5.74, 6) is -0.306. The smallest absolute Gasteiger partial charge is 0.247 e. The van der Waals surface area contributed by atoms with Crippen molar-refractivity contribution in [3.8, 4) is 17.2 Å². The second-order valence-electron chi connectivity index (χ2n) is 5.21. The van der Waals surface area contributed by atoms with Crippen LogP contribution in [0.15, 0.2) is 54.3 Å². The molecule has 0 saturated heterocycles. The zero-order valence-corrected chi connectivity index (χ0v) is 13.5. The number of nitriles is 1. The van der Waals surface area contributed by atoms with Crippen LogP contribution >= 0.6 is 0 Å². The standard InChI is InChI=1S/C18H17N5O/c1-4-18(24)22-16-8-15(10-20-11-16)13-5-6-17(14(7-13)9-19)21-12-23(2)3/h4-8,10-12H,1H2,2-3H3,(H,22,24). The maximum Gasteiger partial charge on any atom is 0.247 e. The first-order chi connectivity index (χ1) is 11.5. The van der Waals surface area contributed by atoms with Gasteiger partial charge >= 0.3 is 0 Å². The lowest BCUT2D eigenvalue weighted by molar-refractivity contribution is -0.111. The molecule has 1 aromatic heterocycles. The number of carbonyl (C=O) groups excluding carboxylic acids is 1. The number of rotatable bonds is 5. The average molecular weight is 319 g/mol. The molecule has 0 atom stereocenters. The van der Waals surface area contributed by atoms with E-state index in [-0.39, 0.29) is 5.91 Å². The van der Waals surface area contributed by atoms with Crippen LogP contribution in [0.3, 0.4) is 0 Å². The van der Waals surface area contributed by atoms with Crippen molar-refractivity contribution >= 4 is 23.6 Å². The van der Waals surface area contributed by atoms with Gasteiger partial charge in [-0.25, -0.2) is 4.99 Å². The molecule has 0 aliphatic rings. The van der Waals surface area contributed by atoms with Crippen LogP contribution in [0.4, 0.5) is 11.4 Å². The molecule has 120 valence electrons. The number of hydrogen-bond donors (Lipinski definition) is 1. The molecule has 1 heterocycles. The summed E-state index contributed by atoms with van der Waals surface area (Å²) in [5, 5.41) is 12.0. The average Bonchev–Trinajstić information content (AvgIpc) is 2.59. The maximum atomic E-state index is 11.4. The molecule has 1 amide bonds. The number of pyridine rings is 1. The lowest BCUT2D eigenvalue weighted by atomic mass is 10.0. The van der Waals surface area contributed by atoms with Crippen molar-refractivity contribution in [2.24, 2.45) is 4.99 Å². The molecule has 1 aromatic carbocycles. The molecule has 0 bridgehead atoms. The molecule has 1 N–H and O–H groups in total. The molecule has 0 saturated carbocycles. The first-order valence-electron chi connectivity index (χ1n) is 7.17. The summed E-state index contributed by atoms with van der Waals surface area (Å²) < 4.78 is 0. The van der Waals surface area contributed by atoms with Crippen molar-refractivity contribution in [2.45, 2.75) is 0 Å². The van der Waals surface area contributed by atoms with Crippen LogP contribution in [-0.4, -0.2) is 36.2 Å². The van der Waals surface area contributed by atoms with E-state index in [1.165, 1.54) is 6.08 Å². The first-order valence-corrected chi connectivity index (χ1v) is 7.17. The van der Waals surface area contributed by atoms with Crippen molar-refractivity contribution in [1.29, 1.82) is 5.26 Å². The predicted molar refractivity (Wildman–Crippen MR) is 95.1 cm³/mol. The Morgan fingerprint density at radius 2 is 2.12 bits per heavy atom. The molecule has 0 fully saturated rings. The van der Waals surface area contributed by atoms with Gasteiger partial charge in [-0.05, 0) is 29.8 Å². The van der Waals surface area contributed by atoms with E-state index in [9.17, 15) is 10.1 Å². The Bertz CT molecular complexity index is 834. The number of amides is 1. The van der Waals surface area contributed by atoms with Crippen LogP contribution in [-0.2, 0) is 4.79 Å². The Morgan fingerprint density at radius 1 is 1.33 bits per heavy atom. The molecular formula is C18H17N5O. The van der Waals surface area contributed by atoms with Gasteiger partial charge in [-0.2, -0.15) is 5.26 Å². The summed E-state index contributed by atoms with van der Waals surface area (Å²) in [6, 6.07) is 9.32. The summed E-state index contributed by atoms with van der Waals surface area (Å²) >= 11 is 0. The highest BCUT2D eigenvalue weighted by atomic mass is 16.1. The third-order valence-corrected chi connectivity index (χ3v) is 3.07. The van der Waals surface area contributed by atoms with Crippen LogP contribution < -0.4 is 5.32 Å². The van der Waals surface area contributed by atoms with Crippen LogP contribution in [0.25, 0.3) is 11.1 Å². The quantitative estimate of drug-likeness (QED) is 0.522. The van der Waals surface area contributed by atoms with Crippen LogP contribution in [0.5, 0.6) is 0 Å². The van der Waals surface area contributed by atoms with Gasteiger partial charge in [0.25, 0.3) is 0 Å². The van der Waals surface area contributed by atoms with Gasteiger partial charge in [0.05, 0.1) is 29.5 Å². The van der Waals surface area contributed by atoms with Crippen LogP contribution in [0, 0.1) is 11.3 Å². The van der Waals surface area contributed by atoms with E-state index in [0.29, 0.717) is 16.9 Å². The Balaban J connectivity index is 2.36. The highest BCUT2D eigenvalue weighted by Crippen LogP contribution is 2.27. The van der Waals surface area contributed by atoms with Gasteiger partial charge in [0.15, 0.2) is 0 Å². The van der Waals surface area contributed by atoms with Crippen LogP contribution in [0.1, 0.15) is 5.56 Å². The number of aromatic nitrogens is 1. The van der Waals surface area contributed by atoms with E-state index in [0.717, 1.165) is 11.1 Å². The molecule has 0 aliphatic heterocycles. The summed E-state index contributed by atoms with van der Waals surface area (Å²) in [5.41, 5.74) is 3.23. The van der Waals surface area contributed by atoms with Gasteiger partial charge in [-0.3, -0.25) is 9.78 Å². The van der Waals surface area contributed by atoms with Crippen molar-refractivity contribution < 1.29 is 4.79 Å². The van der Waals surface area contributed by atoms with Gasteiger partial charge in [-0.15, -0.1) is 0 Å². The molecule has 0 radical (unpaired) electrons. The number of nitrogens with one attached hydrogen (secondary N) is 1. The number of anilines is 1. The van der Waals surface area contributed by atoms with E-state index in [2.05, 4.69) is 27.9 Å². The van der Waals surface area contributed by atoms with E-state index < -0.39 is 0 Å². The molecule has 2 aromatic rings. The SMILES string of the molecule is C=CC(=O)Nc1cncc(-c2ccc(N=CN(C)C)c(C#N)c2)c1. The summed E-state index contributed by atoms with van der Waals surface area (Å²) in [6.07, 6.45) is 6.05. The van der Waals surface area contributed by atoms with E-state index in [1.54, 1.807) is 41.8 Å². The van der Waals surface area contributed by atoms with Gasteiger partial charge in [-0.1, -0.05) is 12.6 Å². The fourth-order valence-electron chi connectivity index (χ4n) is 1.95. The number of aliphatic imine (C=N–C) groups is 1. The van der Waals surface area contributed by atoms with Gasteiger partial charge < -0.3 is 10.2 Å². The van der Waals surface area contributed by atoms with E-state index >= 15 is 0 Å². The fraction of sp³-hybridized carbons (Fsp3) is 0.111. The zero-order chi connectivity index (χ0) is 17.5. The van der Waals surface area contributed by atoms with Crippen molar-refractivity contribution in [2.75, 3.05) is 19.4 Å². The molecule has 0 unspecified atom stereocenters. The van der Waals surface area contributed by atoms with E-state index in [1.807, 2.05) is 20.2 Å². The molecule has 0 spiro atoms. The van der Waals surface area contributed by atoms with Crippen molar-refractivity contribution in [3.05, 3.63) is 54.9 Å². The number of hydrogen-bond acceptors (Lipinski definition) is 4. The Hall–Kier alpha value is -3.46. The lowest BCUT2D eigenvalue weighted by Crippen LogP contribution is -2.07. The normalized spacial score (nSPS) is 10.2. The predicted octanol–water partition coefficient (Wildman–Crippen LogP) is 2.97. The Labute approximate surface area is 140 Å². The number of benzene rings is 1. The topological polar surface area (TPSA) is 81.4 Å². The summed E-state index contributed by atoms with van der Waals surface area (Å²) in [7, 11) is 3.72. The van der Waals surface area contributed by atoms with Gasteiger partial charge in [0.1, 0.15) is 6.07 Å². The van der Waals surface area contributed by atoms with Crippen molar-refractivity contribution in [1.82, 2.24) is 9.88 Å². The second-order valence-corrected chi connectivity index (χ2v) is 5.21. The maximum absolute atomic E-state index is 11.4. The number of carbonyl (C=O) groups is 1. The van der Waals surface area contributed by atoms with Crippen LogP contribution in [0.2, 0.25) is 0 Å². The second kappa shape index (κ2) is 7.70. The molecule has 2 rings (SSSR count). The van der Waals surface area contributed by atoms with Crippen molar-refractivity contribution in [3.63, 3.8) is 0 Å². The first kappa shape index (κ1) is 16.9. The highest BCUT2D eigenvalue weighted by molar-refractivity contribution is 5.99. The highest BCUT2D eigenvalue weighted by Gasteiger charge is 2.06. The number of nitrogens with zero attached hydrogens (tertiary/aromatic N) is 4. The van der Waals surface area contributed by atoms with Gasteiger partial charge in [0.2, 0.25) is 5.91 Å². The zero-order valence-electron chi connectivity index (χ0n) is 13.5.